The number of aliphatic hydroxyl groups is 1. The minimum atomic E-state index is -4.73. The van der Waals surface area contributed by atoms with Gasteiger partial charge in [0.25, 0.3) is 5.91 Å². The molecule has 1 heterocycles. The molecule has 0 radical (unpaired) electrons. The molecule has 1 aromatic rings. The van der Waals surface area contributed by atoms with E-state index in [-0.39, 0.29) is 35.2 Å². The lowest BCUT2D eigenvalue weighted by Crippen LogP contribution is -2.54. The summed E-state index contributed by atoms with van der Waals surface area (Å²) in [5.41, 5.74) is -2.68. The lowest BCUT2D eigenvalue weighted by atomic mass is 9.90. The third-order valence-corrected chi connectivity index (χ3v) is 4.19. The summed E-state index contributed by atoms with van der Waals surface area (Å²) in [6.45, 7) is -0.481. The van der Waals surface area contributed by atoms with E-state index in [1.165, 1.54) is 24.1 Å². The van der Waals surface area contributed by atoms with Crippen LogP contribution in [0.2, 0.25) is 5.02 Å². The van der Waals surface area contributed by atoms with Crippen LogP contribution in [-0.4, -0.2) is 53.0 Å². The number of methoxy groups -OCH3 is 1. The summed E-state index contributed by atoms with van der Waals surface area (Å²) >= 11 is 5.80. The second-order valence-corrected chi connectivity index (χ2v) is 5.74. The van der Waals surface area contributed by atoms with Gasteiger partial charge in [-0.05, 0) is 12.1 Å². The first kappa shape index (κ1) is 17.7. The summed E-state index contributed by atoms with van der Waals surface area (Å²) in [5, 5.41) is 19.1. The van der Waals surface area contributed by atoms with Gasteiger partial charge in [0.1, 0.15) is 0 Å². The van der Waals surface area contributed by atoms with Gasteiger partial charge in [-0.15, -0.1) is 0 Å². The molecule has 0 saturated carbocycles. The number of aromatic hydroxyl groups is 1. The van der Waals surface area contributed by atoms with E-state index < -0.39 is 30.5 Å². The second kappa shape index (κ2) is 6.09. The fraction of sp³-hybridized carbons (Fsp3) is 0.500. The van der Waals surface area contributed by atoms with Gasteiger partial charge in [-0.1, -0.05) is 11.6 Å². The predicted molar refractivity (Wildman–Crippen MR) is 75.8 cm³/mol. The van der Waals surface area contributed by atoms with Crippen LogP contribution in [0.4, 0.5) is 13.2 Å². The van der Waals surface area contributed by atoms with E-state index in [2.05, 4.69) is 0 Å². The second-order valence-electron chi connectivity index (χ2n) is 5.33. The zero-order valence-corrected chi connectivity index (χ0v) is 12.9. The Morgan fingerprint density at radius 1 is 1.35 bits per heavy atom. The molecule has 1 aliphatic heterocycles. The highest BCUT2D eigenvalue weighted by atomic mass is 35.5. The van der Waals surface area contributed by atoms with Crippen LogP contribution < -0.4 is 4.74 Å². The van der Waals surface area contributed by atoms with Crippen molar-refractivity contribution < 1.29 is 32.9 Å². The minimum Gasteiger partial charge on any atom is -0.503 e. The zero-order chi connectivity index (χ0) is 17.4. The van der Waals surface area contributed by atoms with Crippen LogP contribution in [0.25, 0.3) is 0 Å². The molecular weight excluding hydrogens is 339 g/mol. The van der Waals surface area contributed by atoms with Gasteiger partial charge in [0, 0.05) is 31.5 Å². The van der Waals surface area contributed by atoms with E-state index in [0.29, 0.717) is 0 Å². The zero-order valence-electron chi connectivity index (χ0n) is 12.2. The highest BCUT2D eigenvalue weighted by molar-refractivity contribution is 6.32. The molecule has 0 bridgehead atoms. The van der Waals surface area contributed by atoms with E-state index in [0.717, 1.165) is 0 Å². The Bertz CT molecular complexity index is 613. The Hall–Kier alpha value is -1.67. The monoisotopic (exact) mass is 353 g/mol. The van der Waals surface area contributed by atoms with Crippen molar-refractivity contribution in [1.29, 1.82) is 0 Å². The topological polar surface area (TPSA) is 70.0 Å². The highest BCUT2D eigenvalue weighted by Gasteiger charge is 2.54. The number of carbonyl (C=O) groups excluding carboxylic acids is 1. The summed E-state index contributed by atoms with van der Waals surface area (Å²) in [6.07, 6.45) is -5.91. The fourth-order valence-electron chi connectivity index (χ4n) is 2.40. The van der Waals surface area contributed by atoms with Gasteiger partial charge >= 0.3 is 6.18 Å². The van der Waals surface area contributed by atoms with E-state index in [1.54, 1.807) is 0 Å². The van der Waals surface area contributed by atoms with E-state index in [1.807, 2.05) is 0 Å². The molecule has 1 aliphatic rings. The van der Waals surface area contributed by atoms with Crippen molar-refractivity contribution >= 4 is 17.5 Å². The summed E-state index contributed by atoms with van der Waals surface area (Å²) in [4.78, 5) is 13.6. The molecule has 1 amide bonds. The number of carbonyl (C=O) groups is 1. The maximum atomic E-state index is 12.8. The van der Waals surface area contributed by atoms with Gasteiger partial charge in [0.05, 0.1) is 12.1 Å². The van der Waals surface area contributed by atoms with Gasteiger partial charge in [0.15, 0.2) is 17.1 Å². The van der Waals surface area contributed by atoms with Gasteiger partial charge in [-0.25, -0.2) is 0 Å². The summed E-state index contributed by atoms with van der Waals surface area (Å²) in [5.74, 6) is -0.880. The molecule has 2 N–H and O–H groups in total. The molecule has 1 fully saturated rings. The third-order valence-electron chi connectivity index (χ3n) is 3.90. The quantitative estimate of drug-likeness (QED) is 0.857. The van der Waals surface area contributed by atoms with Crippen LogP contribution in [0.3, 0.4) is 0 Å². The van der Waals surface area contributed by atoms with Crippen molar-refractivity contribution in [3.8, 4) is 11.5 Å². The molecule has 5 nitrogen and oxygen atoms in total. The highest BCUT2D eigenvalue weighted by Crippen LogP contribution is 2.39. The van der Waals surface area contributed by atoms with Crippen LogP contribution in [0.1, 0.15) is 23.2 Å². The Kier molecular flexibility index (Phi) is 4.68. The first-order valence-corrected chi connectivity index (χ1v) is 7.12. The summed E-state index contributed by atoms with van der Waals surface area (Å²) < 4.78 is 43.2. The number of phenolic OH excluding ortho intramolecular Hbond substituents is 1. The first-order chi connectivity index (χ1) is 10.6. The van der Waals surface area contributed by atoms with Crippen LogP contribution in [0, 0.1) is 0 Å². The van der Waals surface area contributed by atoms with E-state index in [9.17, 15) is 28.2 Å². The van der Waals surface area contributed by atoms with Gasteiger partial charge < -0.3 is 19.8 Å². The summed E-state index contributed by atoms with van der Waals surface area (Å²) in [6, 6.07) is 2.47. The smallest absolute Gasteiger partial charge is 0.417 e. The number of rotatable bonds is 2. The molecule has 9 heteroatoms. The molecule has 23 heavy (non-hydrogen) atoms. The standard InChI is InChI=1S/C14H15ClF3NO4/c1-23-10-7-8(6-9(15)11(10)20)12(21)19-4-2-13(22,3-5-19)14(16,17)18/h6-7,20,22H,2-5H2,1H3. The average molecular weight is 354 g/mol. The lowest BCUT2D eigenvalue weighted by molar-refractivity contribution is -0.271. The average Bonchev–Trinajstić information content (AvgIpc) is 2.49. The number of piperidine rings is 1. The number of hydrogen-bond acceptors (Lipinski definition) is 4. The molecule has 2 rings (SSSR count). The Labute approximate surface area is 135 Å². The molecule has 1 saturated heterocycles. The number of ether oxygens (including phenoxy) is 1. The maximum absolute atomic E-state index is 12.8. The number of alkyl halides is 3. The van der Waals surface area contributed by atoms with Gasteiger partial charge in [-0.2, -0.15) is 13.2 Å². The number of phenols is 1. The van der Waals surface area contributed by atoms with E-state index in [4.69, 9.17) is 16.3 Å². The maximum Gasteiger partial charge on any atom is 0.417 e. The number of likely N-dealkylation sites (tertiary alicyclic amines) is 1. The lowest BCUT2D eigenvalue weighted by Gasteiger charge is -2.39. The number of hydrogen-bond donors (Lipinski definition) is 2. The molecular formula is C14H15ClF3NO4. The Morgan fingerprint density at radius 3 is 2.39 bits per heavy atom. The largest absolute Gasteiger partial charge is 0.503 e. The van der Waals surface area contributed by atoms with Crippen molar-refractivity contribution in [3.05, 3.63) is 22.7 Å². The van der Waals surface area contributed by atoms with Crippen molar-refractivity contribution in [2.45, 2.75) is 24.6 Å². The molecule has 1 aromatic carbocycles. The normalized spacial score (nSPS) is 17.9. The molecule has 128 valence electrons. The first-order valence-electron chi connectivity index (χ1n) is 6.74. The fourth-order valence-corrected chi connectivity index (χ4v) is 2.61. The van der Waals surface area contributed by atoms with Crippen LogP contribution in [0.15, 0.2) is 12.1 Å². The third kappa shape index (κ3) is 3.32. The van der Waals surface area contributed by atoms with Gasteiger partial charge in [0.2, 0.25) is 0 Å². The van der Waals surface area contributed by atoms with Crippen LogP contribution in [-0.2, 0) is 0 Å². The number of amides is 1. The number of benzene rings is 1. The summed E-state index contributed by atoms with van der Waals surface area (Å²) in [7, 11) is 1.28. The van der Waals surface area contributed by atoms with Gasteiger partial charge in [-0.3, -0.25) is 4.79 Å². The van der Waals surface area contributed by atoms with Crippen LogP contribution in [0.5, 0.6) is 11.5 Å². The van der Waals surface area contributed by atoms with Crippen molar-refractivity contribution in [3.63, 3.8) is 0 Å². The minimum absolute atomic E-state index is 0.00958. The Balaban J connectivity index is 2.16. The molecule has 0 atom stereocenters. The molecule has 0 spiro atoms. The van der Waals surface area contributed by atoms with Crippen molar-refractivity contribution in [1.82, 2.24) is 4.90 Å². The van der Waals surface area contributed by atoms with Crippen molar-refractivity contribution in [2.24, 2.45) is 0 Å². The van der Waals surface area contributed by atoms with Crippen molar-refractivity contribution in [2.75, 3.05) is 20.2 Å². The molecule has 0 unspecified atom stereocenters. The molecule has 0 aliphatic carbocycles. The van der Waals surface area contributed by atoms with Crippen LogP contribution >= 0.6 is 11.6 Å². The Morgan fingerprint density at radius 2 is 1.91 bits per heavy atom. The molecule has 0 aromatic heterocycles. The van der Waals surface area contributed by atoms with E-state index >= 15 is 0 Å². The number of halogens is 4. The number of nitrogens with zero attached hydrogens (tertiary/aromatic N) is 1. The predicted octanol–water partition coefficient (Wildman–Crippen LogP) is 2.58. The SMILES string of the molecule is COc1cc(C(=O)N2CCC(O)(C(F)(F)F)CC2)cc(Cl)c1O.